The van der Waals surface area contributed by atoms with Gasteiger partial charge in [0.25, 0.3) is 0 Å². The van der Waals surface area contributed by atoms with Crippen molar-refractivity contribution in [1.82, 2.24) is 5.32 Å². The Morgan fingerprint density at radius 3 is 1.39 bits per heavy atom. The number of unbranched alkanes of at least 4 members (excludes halogenated alkanes) is 13. The van der Waals surface area contributed by atoms with E-state index in [2.05, 4.69) is 19.2 Å². The average Bonchev–Trinajstić information content (AvgIpc) is 2.49. The van der Waals surface area contributed by atoms with Gasteiger partial charge in [-0.15, -0.1) is 0 Å². The number of aliphatic carboxylic acids is 1. The smallest absolute Gasteiger partial charge is 0.480 e. The van der Waals surface area contributed by atoms with Gasteiger partial charge in [0.2, 0.25) is 0 Å². The second kappa shape index (κ2) is 27.3. The molecule has 0 aromatic carbocycles. The Labute approximate surface area is 167 Å². The molecule has 0 aromatic heterocycles. The third kappa shape index (κ3) is 34.7. The van der Waals surface area contributed by atoms with Crippen LogP contribution in [0.25, 0.3) is 0 Å². The Balaban J connectivity index is -0.000000487. The maximum absolute atomic E-state index is 9.54. The van der Waals surface area contributed by atoms with Crippen molar-refractivity contribution in [2.45, 2.75) is 96.8 Å². The van der Waals surface area contributed by atoms with Crippen LogP contribution in [0, 0.1) is 6.92 Å². The van der Waals surface area contributed by atoms with Crippen LogP contribution < -0.4 is 34.9 Å². The molecule has 0 radical (unpaired) electrons. The minimum atomic E-state index is -0.822. The van der Waals surface area contributed by atoms with E-state index in [4.69, 9.17) is 5.11 Å². The van der Waals surface area contributed by atoms with Crippen molar-refractivity contribution in [3.63, 3.8) is 0 Å². The molecule has 0 aliphatic rings. The van der Waals surface area contributed by atoms with Crippen LogP contribution in [0.2, 0.25) is 0 Å². The van der Waals surface area contributed by atoms with Crippen LogP contribution in [0.15, 0.2) is 0 Å². The van der Waals surface area contributed by atoms with Gasteiger partial charge in [0.05, 0.1) is 6.54 Å². The molecular formula is C19H40NNaO2. The molecule has 0 fully saturated rings. The van der Waals surface area contributed by atoms with Gasteiger partial charge in [0, 0.05) is 0 Å². The summed E-state index contributed by atoms with van der Waals surface area (Å²) in [5.74, 6) is -0.822. The maximum Gasteiger partial charge on any atom is 1.00 e. The predicted molar refractivity (Wildman–Crippen MR) is 97.2 cm³/mol. The van der Waals surface area contributed by atoms with E-state index in [-0.39, 0.29) is 36.1 Å². The molecule has 0 amide bonds. The van der Waals surface area contributed by atoms with Crippen molar-refractivity contribution >= 4 is 5.97 Å². The molecular weight excluding hydrogens is 297 g/mol. The molecule has 0 atom stereocenters. The number of carbonyl (C=O) groups is 1. The average molecular weight is 338 g/mol. The van der Waals surface area contributed by atoms with Crippen molar-refractivity contribution in [2.75, 3.05) is 13.6 Å². The second-order valence-corrected chi connectivity index (χ2v) is 6.02. The second-order valence-electron chi connectivity index (χ2n) is 6.02. The molecule has 3 nitrogen and oxygen atoms in total. The number of likely N-dealkylation sites (N-methyl/N-ethyl adjacent to an activating group) is 1. The van der Waals surface area contributed by atoms with E-state index >= 15 is 0 Å². The first-order chi connectivity index (χ1) is 10.7. The van der Waals surface area contributed by atoms with Crippen LogP contribution in [0.3, 0.4) is 0 Å². The Bertz CT molecular complexity index is 200. The molecule has 0 heterocycles. The third-order valence-corrected chi connectivity index (χ3v) is 3.68. The molecule has 23 heavy (non-hydrogen) atoms. The molecule has 0 saturated carbocycles. The summed E-state index contributed by atoms with van der Waals surface area (Å²) < 4.78 is 0. The molecule has 2 N–H and O–H groups in total. The van der Waals surface area contributed by atoms with E-state index in [9.17, 15) is 4.79 Å². The number of hydrogen-bond donors (Lipinski definition) is 2. The van der Waals surface area contributed by atoms with Crippen LogP contribution in [0.1, 0.15) is 96.8 Å². The zero-order valence-corrected chi connectivity index (χ0v) is 18.2. The summed E-state index contributed by atoms with van der Waals surface area (Å²) in [6.45, 7) is 6.20. The molecule has 0 aliphatic heterocycles. The summed E-state index contributed by atoms with van der Waals surface area (Å²) in [6.07, 6.45) is 19.8. The monoisotopic (exact) mass is 337 g/mol. The van der Waals surface area contributed by atoms with Crippen molar-refractivity contribution in [2.24, 2.45) is 0 Å². The number of carboxylic acids is 1. The zero-order valence-electron chi connectivity index (χ0n) is 16.2. The van der Waals surface area contributed by atoms with Crippen LogP contribution >= 0.6 is 0 Å². The zero-order chi connectivity index (χ0) is 16.9. The van der Waals surface area contributed by atoms with Crippen LogP contribution in [0.5, 0.6) is 0 Å². The van der Waals surface area contributed by atoms with E-state index in [0.717, 1.165) is 6.42 Å². The summed E-state index contributed by atoms with van der Waals surface area (Å²) in [5.41, 5.74) is 0. The molecule has 0 bridgehead atoms. The fraction of sp³-hybridized carbons (Fsp3) is 0.895. The molecule has 0 rings (SSSR count). The van der Waals surface area contributed by atoms with Gasteiger partial charge in [-0.05, 0) is 7.05 Å². The molecule has 0 spiro atoms. The number of hydrogen-bond acceptors (Lipinski definition) is 2. The van der Waals surface area contributed by atoms with Gasteiger partial charge < -0.3 is 17.3 Å². The largest absolute Gasteiger partial charge is 1.00 e. The molecule has 0 saturated heterocycles. The quantitative estimate of drug-likeness (QED) is 0.274. The molecule has 0 unspecified atom stereocenters. The van der Waals surface area contributed by atoms with Crippen LogP contribution in [-0.4, -0.2) is 24.7 Å². The van der Waals surface area contributed by atoms with Gasteiger partial charge in [-0.2, -0.15) is 6.42 Å². The summed E-state index contributed by atoms with van der Waals surface area (Å²) in [5, 5.41) is 10.3. The normalized spacial score (nSPS) is 9.70. The number of rotatable bonds is 15. The molecule has 134 valence electrons. The molecule has 0 aromatic rings. The maximum atomic E-state index is 9.54. The van der Waals surface area contributed by atoms with Crippen molar-refractivity contribution in [1.29, 1.82) is 0 Å². The summed E-state index contributed by atoms with van der Waals surface area (Å²) in [4.78, 5) is 9.54. The summed E-state index contributed by atoms with van der Waals surface area (Å²) in [7, 11) is 1.59. The Hall–Kier alpha value is 0.430. The number of nitrogens with one attached hydrogen (secondary N) is 1. The van der Waals surface area contributed by atoms with Crippen LogP contribution in [0.4, 0.5) is 0 Å². The first kappa shape index (κ1) is 28.2. The Morgan fingerprint density at radius 1 is 0.826 bits per heavy atom. The molecule has 4 heteroatoms. The van der Waals surface area contributed by atoms with Gasteiger partial charge in [-0.25, -0.2) is 0 Å². The Kier molecular flexibility index (Phi) is 33.5. The van der Waals surface area contributed by atoms with E-state index in [0.29, 0.717) is 0 Å². The van der Waals surface area contributed by atoms with Gasteiger partial charge in [-0.3, -0.25) is 4.79 Å². The SMILES string of the molecule is CNCC(=O)O.[CH2-]CCCCCCCCCCCCCCC.[Na+]. The van der Waals surface area contributed by atoms with E-state index in [1.165, 1.54) is 83.5 Å². The fourth-order valence-corrected chi connectivity index (χ4v) is 2.35. The molecule has 0 aliphatic carbocycles. The fourth-order valence-electron chi connectivity index (χ4n) is 2.35. The van der Waals surface area contributed by atoms with Crippen molar-refractivity contribution in [3.8, 4) is 0 Å². The first-order valence-electron chi connectivity index (χ1n) is 9.34. The Morgan fingerprint density at radius 2 is 1.17 bits per heavy atom. The van der Waals surface area contributed by atoms with Gasteiger partial charge in [0.15, 0.2) is 0 Å². The van der Waals surface area contributed by atoms with E-state index in [1.807, 2.05) is 0 Å². The predicted octanol–water partition coefficient (Wildman–Crippen LogP) is 2.60. The van der Waals surface area contributed by atoms with Crippen molar-refractivity contribution in [3.05, 3.63) is 6.92 Å². The summed E-state index contributed by atoms with van der Waals surface area (Å²) in [6, 6.07) is 0. The topological polar surface area (TPSA) is 49.3 Å². The third-order valence-electron chi connectivity index (χ3n) is 3.68. The van der Waals surface area contributed by atoms with Crippen molar-refractivity contribution < 1.29 is 39.5 Å². The van der Waals surface area contributed by atoms with E-state index < -0.39 is 5.97 Å². The summed E-state index contributed by atoms with van der Waals surface area (Å²) >= 11 is 0. The minimum absolute atomic E-state index is 0. The van der Waals surface area contributed by atoms with Gasteiger partial charge in [0.1, 0.15) is 0 Å². The van der Waals surface area contributed by atoms with Gasteiger partial charge >= 0.3 is 35.5 Å². The standard InChI is InChI=1S/C16H33.C3H7NO2.Na/c1-3-5-7-9-11-13-15-16-14-12-10-8-6-4-2;1-4-2-3(5)6;/h1,3-16H2,2H3;4H,2H2,1H3,(H,5,6);/q-1;;+1. The number of carboxylic acid groups (broad SMARTS) is 1. The van der Waals surface area contributed by atoms with E-state index in [1.54, 1.807) is 7.05 Å². The van der Waals surface area contributed by atoms with Gasteiger partial charge in [-0.1, -0.05) is 90.4 Å². The minimum Gasteiger partial charge on any atom is -0.480 e. The first-order valence-corrected chi connectivity index (χ1v) is 9.34. The van der Waals surface area contributed by atoms with Crippen LogP contribution in [-0.2, 0) is 4.79 Å².